The highest BCUT2D eigenvalue weighted by atomic mass is 16.5. The Morgan fingerprint density at radius 3 is 2.20 bits per heavy atom. The van der Waals surface area contributed by atoms with Crippen molar-refractivity contribution in [3.05, 3.63) is 36.5 Å². The highest BCUT2D eigenvalue weighted by molar-refractivity contribution is 5.72. The van der Waals surface area contributed by atoms with Crippen LogP contribution in [0.2, 0.25) is 0 Å². The van der Waals surface area contributed by atoms with E-state index >= 15 is 0 Å². The highest BCUT2D eigenvalue weighted by Gasteiger charge is 2.21. The van der Waals surface area contributed by atoms with Crippen LogP contribution < -0.4 is 5.11 Å². The van der Waals surface area contributed by atoms with Crippen molar-refractivity contribution in [2.45, 2.75) is 51.6 Å². The number of allylic oxidation sites excluding steroid dienone is 5. The fraction of sp³-hybridized carbons (Fsp3) is 0.600. The van der Waals surface area contributed by atoms with Crippen LogP contribution in [0.3, 0.4) is 0 Å². The molecule has 0 saturated heterocycles. The SMILES string of the molecule is CCC/C=C/CC/C=C/C=C/CC(=O)OC(CC(=O)[O-])C[N+](C)(C)C. The van der Waals surface area contributed by atoms with E-state index in [1.165, 1.54) is 6.42 Å². The monoisotopic (exact) mass is 351 g/mol. The average Bonchev–Trinajstić information content (AvgIpc) is 2.46. The number of ether oxygens (including phenoxy) is 1. The van der Waals surface area contributed by atoms with Crippen LogP contribution in [0.4, 0.5) is 0 Å². The van der Waals surface area contributed by atoms with Gasteiger partial charge in [0.1, 0.15) is 6.54 Å². The Hall–Kier alpha value is -1.88. The largest absolute Gasteiger partial charge is 0.550 e. The maximum atomic E-state index is 11.8. The number of hydrogen-bond acceptors (Lipinski definition) is 4. The first kappa shape index (κ1) is 23.1. The molecule has 0 heterocycles. The highest BCUT2D eigenvalue weighted by Crippen LogP contribution is 2.06. The Morgan fingerprint density at radius 2 is 1.60 bits per heavy atom. The first-order valence-electron chi connectivity index (χ1n) is 8.91. The van der Waals surface area contributed by atoms with Crippen molar-refractivity contribution in [3.8, 4) is 0 Å². The van der Waals surface area contributed by atoms with Crippen molar-refractivity contribution < 1.29 is 23.9 Å². The molecule has 5 nitrogen and oxygen atoms in total. The second-order valence-corrected chi connectivity index (χ2v) is 7.06. The Balaban J connectivity index is 4.14. The van der Waals surface area contributed by atoms with E-state index in [-0.39, 0.29) is 12.8 Å². The molecule has 0 aromatic heterocycles. The van der Waals surface area contributed by atoms with E-state index < -0.39 is 18.0 Å². The number of aliphatic carboxylic acids is 1. The Kier molecular flexibility index (Phi) is 12.4. The molecule has 5 heteroatoms. The number of quaternary nitrogens is 1. The van der Waals surface area contributed by atoms with Gasteiger partial charge >= 0.3 is 5.97 Å². The lowest BCUT2D eigenvalue weighted by atomic mass is 10.2. The Morgan fingerprint density at radius 1 is 1.00 bits per heavy atom. The number of carboxylic acid groups (broad SMARTS) is 1. The molecule has 1 atom stereocenters. The van der Waals surface area contributed by atoms with E-state index in [1.807, 2.05) is 39.4 Å². The second-order valence-electron chi connectivity index (χ2n) is 7.06. The van der Waals surface area contributed by atoms with Gasteiger partial charge in [0.25, 0.3) is 0 Å². The van der Waals surface area contributed by atoms with E-state index in [0.29, 0.717) is 11.0 Å². The smallest absolute Gasteiger partial charge is 0.310 e. The molecule has 0 N–H and O–H groups in total. The van der Waals surface area contributed by atoms with Crippen molar-refractivity contribution in [2.24, 2.45) is 0 Å². The van der Waals surface area contributed by atoms with E-state index in [1.54, 1.807) is 6.08 Å². The van der Waals surface area contributed by atoms with Crippen molar-refractivity contribution in [3.63, 3.8) is 0 Å². The van der Waals surface area contributed by atoms with Gasteiger partial charge in [0.15, 0.2) is 6.10 Å². The molecule has 0 radical (unpaired) electrons. The van der Waals surface area contributed by atoms with Crippen LogP contribution >= 0.6 is 0 Å². The van der Waals surface area contributed by atoms with Gasteiger partial charge in [-0.3, -0.25) is 4.79 Å². The lowest BCUT2D eigenvalue weighted by Gasteiger charge is -2.29. The normalized spacial score (nSPS) is 13.8. The fourth-order valence-electron chi connectivity index (χ4n) is 2.19. The van der Waals surface area contributed by atoms with Crippen LogP contribution in [-0.2, 0) is 14.3 Å². The first-order chi connectivity index (χ1) is 11.7. The molecule has 0 fully saturated rings. The summed E-state index contributed by atoms with van der Waals surface area (Å²) in [7, 11) is 5.74. The standard InChI is InChI=1S/C20H33NO4/c1-5-6-7-8-9-10-11-12-13-14-15-20(24)25-18(16-19(22)23)17-21(2,3)4/h7-8,11-14,18H,5-6,9-10,15-17H2,1-4H3/b8-7+,12-11+,14-13+. The molecule has 1 unspecified atom stereocenters. The van der Waals surface area contributed by atoms with Crippen LogP contribution in [0.15, 0.2) is 36.5 Å². The number of hydrogen-bond donors (Lipinski definition) is 0. The van der Waals surface area contributed by atoms with Gasteiger partial charge in [0.05, 0.1) is 27.6 Å². The lowest BCUT2D eigenvalue weighted by molar-refractivity contribution is -0.873. The van der Waals surface area contributed by atoms with Gasteiger partial charge in [-0.05, 0) is 19.3 Å². The third-order valence-corrected chi connectivity index (χ3v) is 3.23. The number of nitrogens with zero attached hydrogens (tertiary/aromatic N) is 1. The summed E-state index contributed by atoms with van der Waals surface area (Å²) in [6.07, 6.45) is 15.3. The Bertz CT molecular complexity index is 473. The summed E-state index contributed by atoms with van der Waals surface area (Å²) in [5.74, 6) is -1.63. The minimum atomic E-state index is -1.21. The van der Waals surface area contributed by atoms with Crippen LogP contribution in [0, 0.1) is 0 Å². The van der Waals surface area contributed by atoms with E-state index in [2.05, 4.69) is 19.1 Å². The van der Waals surface area contributed by atoms with Gasteiger partial charge in [-0.25, -0.2) is 0 Å². The zero-order chi connectivity index (χ0) is 19.1. The van der Waals surface area contributed by atoms with Crippen molar-refractivity contribution >= 4 is 11.9 Å². The zero-order valence-corrected chi connectivity index (χ0v) is 16.1. The minimum Gasteiger partial charge on any atom is -0.550 e. The van der Waals surface area contributed by atoms with Gasteiger partial charge in [0.2, 0.25) is 0 Å². The van der Waals surface area contributed by atoms with Gasteiger partial charge in [-0.1, -0.05) is 49.8 Å². The molecule has 0 spiro atoms. The van der Waals surface area contributed by atoms with Crippen LogP contribution in [0.25, 0.3) is 0 Å². The molecule has 0 saturated carbocycles. The zero-order valence-electron chi connectivity index (χ0n) is 16.1. The van der Waals surface area contributed by atoms with Gasteiger partial charge in [-0.2, -0.15) is 0 Å². The Labute approximate surface area is 152 Å². The minimum absolute atomic E-state index is 0.126. The summed E-state index contributed by atoms with van der Waals surface area (Å²) in [6, 6.07) is 0. The number of esters is 1. The average molecular weight is 351 g/mol. The van der Waals surface area contributed by atoms with Crippen LogP contribution in [0.1, 0.15) is 45.4 Å². The topological polar surface area (TPSA) is 66.4 Å². The summed E-state index contributed by atoms with van der Waals surface area (Å²) in [5, 5.41) is 10.8. The maximum Gasteiger partial charge on any atom is 0.310 e. The number of carbonyl (C=O) groups excluding carboxylic acids is 2. The second kappa shape index (κ2) is 13.4. The molecule has 142 valence electrons. The summed E-state index contributed by atoms with van der Waals surface area (Å²) in [6.45, 7) is 2.58. The van der Waals surface area contributed by atoms with E-state index in [4.69, 9.17) is 4.74 Å². The van der Waals surface area contributed by atoms with E-state index in [0.717, 1.165) is 19.3 Å². The molecule has 0 aromatic rings. The fourth-order valence-corrected chi connectivity index (χ4v) is 2.19. The number of carbonyl (C=O) groups is 2. The third-order valence-electron chi connectivity index (χ3n) is 3.23. The predicted molar refractivity (Wildman–Crippen MR) is 98.6 cm³/mol. The van der Waals surface area contributed by atoms with E-state index in [9.17, 15) is 14.7 Å². The van der Waals surface area contributed by atoms with Gasteiger partial charge in [0, 0.05) is 12.4 Å². The van der Waals surface area contributed by atoms with Crippen LogP contribution in [-0.4, -0.2) is 50.2 Å². The third kappa shape index (κ3) is 16.8. The number of rotatable bonds is 13. The predicted octanol–water partition coefficient (Wildman–Crippen LogP) is 2.38. The van der Waals surface area contributed by atoms with Crippen LogP contribution in [0.5, 0.6) is 0 Å². The quantitative estimate of drug-likeness (QED) is 0.168. The van der Waals surface area contributed by atoms with Gasteiger partial charge < -0.3 is 19.1 Å². The molecular weight excluding hydrogens is 318 g/mol. The number of carboxylic acids is 1. The molecule has 0 aromatic carbocycles. The maximum absolute atomic E-state index is 11.8. The lowest BCUT2D eigenvalue weighted by Crippen LogP contribution is -2.45. The molecule has 0 aliphatic heterocycles. The molecule has 0 bridgehead atoms. The molecule has 0 aliphatic rings. The molecular formula is C20H33NO4. The summed E-state index contributed by atoms with van der Waals surface area (Å²) >= 11 is 0. The number of likely N-dealkylation sites (N-methyl/N-ethyl adjacent to an activating group) is 1. The molecule has 25 heavy (non-hydrogen) atoms. The molecule has 0 amide bonds. The summed E-state index contributed by atoms with van der Waals surface area (Å²) < 4.78 is 5.77. The van der Waals surface area contributed by atoms with Crippen molar-refractivity contribution in [1.29, 1.82) is 0 Å². The summed E-state index contributed by atoms with van der Waals surface area (Å²) in [5.41, 5.74) is 0. The van der Waals surface area contributed by atoms with Gasteiger partial charge in [-0.15, -0.1) is 0 Å². The number of unbranched alkanes of at least 4 members (excludes halogenated alkanes) is 2. The molecule has 0 rings (SSSR count). The van der Waals surface area contributed by atoms with Crippen molar-refractivity contribution in [2.75, 3.05) is 27.7 Å². The molecule has 0 aliphatic carbocycles. The first-order valence-corrected chi connectivity index (χ1v) is 8.91. The van der Waals surface area contributed by atoms with Crippen molar-refractivity contribution in [1.82, 2.24) is 0 Å². The summed E-state index contributed by atoms with van der Waals surface area (Å²) in [4.78, 5) is 22.6.